The van der Waals surface area contributed by atoms with Crippen LogP contribution >= 0.6 is 0 Å². The van der Waals surface area contributed by atoms with Gasteiger partial charge in [-0.05, 0) is 25.1 Å². The molecule has 1 unspecified atom stereocenters. The highest BCUT2D eigenvalue weighted by atomic mass is 19.4. The monoisotopic (exact) mass is 438 g/mol. The maximum atomic E-state index is 12.2. The first-order valence-electron chi connectivity index (χ1n) is 8.57. The van der Waals surface area contributed by atoms with Crippen LogP contribution in [-0.2, 0) is 4.74 Å². The Labute approximate surface area is 171 Å². The van der Waals surface area contributed by atoms with Crippen molar-refractivity contribution < 1.29 is 36.8 Å². The van der Waals surface area contributed by atoms with Crippen LogP contribution < -0.4 is 4.74 Å². The second-order valence-corrected chi connectivity index (χ2v) is 6.09. The number of halogens is 3. The largest absolute Gasteiger partial charge is 0.468 e. The predicted molar refractivity (Wildman–Crippen MR) is 96.0 cm³/mol. The fourth-order valence-electron chi connectivity index (χ4n) is 2.26. The zero-order valence-corrected chi connectivity index (χ0v) is 15.7. The molecule has 3 rings (SSSR count). The van der Waals surface area contributed by atoms with E-state index in [0.29, 0.717) is 5.56 Å². The van der Waals surface area contributed by atoms with E-state index in [9.17, 15) is 28.1 Å². The summed E-state index contributed by atoms with van der Waals surface area (Å²) in [4.78, 5) is 26.0. The van der Waals surface area contributed by atoms with E-state index in [2.05, 4.69) is 19.9 Å². The molecule has 0 radical (unpaired) electrons. The van der Waals surface area contributed by atoms with Crippen molar-refractivity contribution in [3.8, 4) is 17.3 Å². The first kappa shape index (κ1) is 21.7. The molecule has 3 aromatic rings. The van der Waals surface area contributed by atoms with Gasteiger partial charge in [0.15, 0.2) is 12.7 Å². The Bertz CT molecular complexity index is 1070. The molecule has 0 aliphatic carbocycles. The lowest BCUT2D eigenvalue weighted by Crippen LogP contribution is -2.19. The Hall–Kier alpha value is -4.03. The van der Waals surface area contributed by atoms with E-state index in [-0.39, 0.29) is 28.9 Å². The Morgan fingerprint density at radius 1 is 1.19 bits per heavy atom. The summed E-state index contributed by atoms with van der Waals surface area (Å²) < 4.78 is 51.5. The number of nitro benzene ring substituents is 1. The van der Waals surface area contributed by atoms with E-state index in [1.807, 2.05) is 0 Å². The van der Waals surface area contributed by atoms with Gasteiger partial charge in [-0.1, -0.05) is 0 Å². The van der Waals surface area contributed by atoms with E-state index in [0.717, 1.165) is 12.3 Å². The number of alkyl halides is 3. The van der Waals surface area contributed by atoms with Gasteiger partial charge >= 0.3 is 12.1 Å². The Morgan fingerprint density at radius 2 is 1.90 bits per heavy atom. The molecule has 31 heavy (non-hydrogen) atoms. The number of rotatable bonds is 7. The Balaban J connectivity index is 1.61. The molecule has 0 saturated heterocycles. The number of nitro groups is 1. The van der Waals surface area contributed by atoms with Gasteiger partial charge in [0.25, 0.3) is 11.6 Å². The number of benzene rings is 1. The lowest BCUT2D eigenvalue weighted by Gasteiger charge is -2.10. The van der Waals surface area contributed by atoms with E-state index in [1.165, 1.54) is 37.3 Å². The smallest absolute Gasteiger partial charge is 0.422 e. The normalized spacial score (nSPS) is 12.3. The first-order chi connectivity index (χ1) is 14.6. The molecule has 162 valence electrons. The second-order valence-electron chi connectivity index (χ2n) is 6.09. The van der Waals surface area contributed by atoms with Gasteiger partial charge in [0.2, 0.25) is 11.8 Å². The van der Waals surface area contributed by atoms with E-state index in [1.54, 1.807) is 0 Å². The average molecular weight is 438 g/mol. The average Bonchev–Trinajstić information content (AvgIpc) is 3.22. The zero-order valence-electron chi connectivity index (χ0n) is 15.7. The fraction of sp³-hybridized carbons (Fsp3) is 0.222. The molecule has 1 aromatic carbocycles. The highest BCUT2D eigenvalue weighted by Crippen LogP contribution is 2.25. The minimum absolute atomic E-state index is 0.0266. The lowest BCUT2D eigenvalue weighted by atomic mass is 10.2. The number of non-ortho nitro benzene ring substituents is 1. The molecule has 0 fully saturated rings. The van der Waals surface area contributed by atoms with Crippen molar-refractivity contribution in [1.29, 1.82) is 0 Å². The van der Waals surface area contributed by atoms with Crippen molar-refractivity contribution in [2.75, 3.05) is 6.61 Å². The fourth-order valence-corrected chi connectivity index (χ4v) is 2.26. The molecule has 0 saturated carbocycles. The minimum Gasteiger partial charge on any atom is -0.468 e. The molecule has 0 N–H and O–H groups in total. The molecule has 2 heterocycles. The molecule has 0 aliphatic heterocycles. The van der Waals surface area contributed by atoms with Crippen LogP contribution in [0.15, 0.2) is 47.0 Å². The van der Waals surface area contributed by atoms with Gasteiger partial charge in [0.1, 0.15) is 0 Å². The summed E-state index contributed by atoms with van der Waals surface area (Å²) >= 11 is 0. The van der Waals surface area contributed by atoms with Crippen LogP contribution in [0.4, 0.5) is 18.9 Å². The zero-order chi connectivity index (χ0) is 22.6. The molecule has 0 amide bonds. The van der Waals surface area contributed by atoms with Crippen LogP contribution in [-0.4, -0.2) is 38.9 Å². The van der Waals surface area contributed by atoms with Gasteiger partial charge < -0.3 is 13.9 Å². The summed E-state index contributed by atoms with van der Waals surface area (Å²) in [7, 11) is 0. The van der Waals surface area contributed by atoms with Crippen LogP contribution in [0.2, 0.25) is 0 Å². The number of aromatic nitrogens is 3. The SMILES string of the molecule is CC(OC(=O)c1ccc(OCC(F)(F)F)nc1)c1nnc(-c2ccc([N+](=O)[O-])cc2)o1. The van der Waals surface area contributed by atoms with Crippen LogP contribution in [0.3, 0.4) is 0 Å². The van der Waals surface area contributed by atoms with E-state index in [4.69, 9.17) is 9.15 Å². The molecule has 2 aromatic heterocycles. The second kappa shape index (κ2) is 8.77. The topological polar surface area (TPSA) is 130 Å². The molecule has 1 atom stereocenters. The van der Waals surface area contributed by atoms with Crippen LogP contribution in [0.25, 0.3) is 11.5 Å². The van der Waals surface area contributed by atoms with Gasteiger partial charge in [-0.3, -0.25) is 10.1 Å². The highest BCUT2D eigenvalue weighted by molar-refractivity contribution is 5.89. The number of carbonyl (C=O) groups is 1. The van der Waals surface area contributed by atoms with Crippen molar-refractivity contribution in [2.24, 2.45) is 0 Å². The minimum atomic E-state index is -4.51. The van der Waals surface area contributed by atoms with Gasteiger partial charge in [-0.25, -0.2) is 9.78 Å². The summed E-state index contributed by atoms with van der Waals surface area (Å²) in [6, 6.07) is 7.71. The molecule has 13 heteroatoms. The Morgan fingerprint density at radius 3 is 2.48 bits per heavy atom. The molecule has 10 nitrogen and oxygen atoms in total. The van der Waals surface area contributed by atoms with Crippen LogP contribution in [0.1, 0.15) is 29.3 Å². The van der Waals surface area contributed by atoms with E-state index >= 15 is 0 Å². The van der Waals surface area contributed by atoms with E-state index < -0.39 is 29.8 Å². The Kier molecular flexibility index (Phi) is 6.13. The molecular formula is C18H13F3N4O6. The lowest BCUT2D eigenvalue weighted by molar-refractivity contribution is -0.384. The maximum absolute atomic E-state index is 12.2. The van der Waals surface area contributed by atoms with Gasteiger partial charge in [0.05, 0.1) is 10.5 Å². The number of hydrogen-bond acceptors (Lipinski definition) is 9. The molecule has 0 aliphatic rings. The van der Waals surface area contributed by atoms with Crippen LogP contribution in [0.5, 0.6) is 5.88 Å². The summed E-state index contributed by atoms with van der Waals surface area (Å²) in [6.07, 6.45) is -4.45. The molecule has 0 spiro atoms. The summed E-state index contributed by atoms with van der Waals surface area (Å²) in [5.74, 6) is -1.08. The quantitative estimate of drug-likeness (QED) is 0.306. The summed E-state index contributed by atoms with van der Waals surface area (Å²) in [6.45, 7) is -0.0334. The van der Waals surface area contributed by atoms with Crippen molar-refractivity contribution in [2.45, 2.75) is 19.2 Å². The number of hydrogen-bond donors (Lipinski definition) is 0. The van der Waals surface area contributed by atoms with Gasteiger partial charge in [0, 0.05) is 30.0 Å². The maximum Gasteiger partial charge on any atom is 0.422 e. The van der Waals surface area contributed by atoms with Gasteiger partial charge in [-0.15, -0.1) is 10.2 Å². The third kappa shape index (κ3) is 5.74. The number of nitrogens with zero attached hydrogens (tertiary/aromatic N) is 4. The number of ether oxygens (including phenoxy) is 2. The number of carbonyl (C=O) groups excluding carboxylic acids is 1. The standard InChI is InChI=1S/C18H13F3N4O6/c1-10(15-23-24-16(31-15)11-2-5-13(6-3-11)25(27)28)30-17(26)12-4-7-14(22-8-12)29-9-18(19,20)21/h2-8,10H,9H2,1H3. The number of pyridine rings is 1. The first-order valence-corrected chi connectivity index (χ1v) is 8.57. The van der Waals surface area contributed by atoms with Gasteiger partial charge in [-0.2, -0.15) is 13.2 Å². The molecule has 0 bridgehead atoms. The van der Waals surface area contributed by atoms with Crippen molar-refractivity contribution in [3.63, 3.8) is 0 Å². The van der Waals surface area contributed by atoms with Crippen molar-refractivity contribution in [3.05, 3.63) is 64.2 Å². The molecular weight excluding hydrogens is 425 g/mol. The third-order valence-corrected chi connectivity index (χ3v) is 3.75. The summed E-state index contributed by atoms with van der Waals surface area (Å²) in [5, 5.41) is 18.3. The predicted octanol–water partition coefficient (Wildman–Crippen LogP) is 3.90. The summed E-state index contributed by atoms with van der Waals surface area (Å²) in [5.41, 5.74) is 0.303. The highest BCUT2D eigenvalue weighted by Gasteiger charge is 2.28. The third-order valence-electron chi connectivity index (χ3n) is 3.75. The van der Waals surface area contributed by atoms with Crippen LogP contribution in [0, 0.1) is 10.1 Å². The number of esters is 1. The van der Waals surface area contributed by atoms with Crippen molar-refractivity contribution in [1.82, 2.24) is 15.2 Å². The van der Waals surface area contributed by atoms with Crippen molar-refractivity contribution >= 4 is 11.7 Å².